The number of nitrogens with zero attached hydrogens (tertiary/aromatic N) is 1. The van der Waals surface area contributed by atoms with Crippen LogP contribution < -0.4 is 10.2 Å². The Morgan fingerprint density at radius 1 is 1.17 bits per heavy atom. The van der Waals surface area contributed by atoms with Crippen LogP contribution in [-0.4, -0.2) is 32.2 Å². The lowest BCUT2D eigenvalue weighted by Crippen LogP contribution is -2.36. The minimum atomic E-state index is -0.442. The molecule has 3 rings (SSSR count). The summed E-state index contributed by atoms with van der Waals surface area (Å²) in [6.07, 6.45) is 0. The second-order valence-electron chi connectivity index (χ2n) is 5.59. The van der Waals surface area contributed by atoms with Crippen LogP contribution in [0.4, 0.5) is 15.8 Å². The molecule has 0 aliphatic carbocycles. The minimum absolute atomic E-state index is 0.195. The van der Waals surface area contributed by atoms with Gasteiger partial charge in [-0.15, -0.1) is 0 Å². The van der Waals surface area contributed by atoms with Crippen LogP contribution in [0.3, 0.4) is 0 Å². The zero-order valence-corrected chi connectivity index (χ0v) is 13.0. The number of halogens is 1. The molecular weight excluding hydrogens is 295 g/mol. The molecule has 0 aromatic heterocycles. The summed E-state index contributed by atoms with van der Waals surface area (Å²) in [6.45, 7) is 4.74. The quantitative estimate of drug-likeness (QED) is 0.946. The lowest BCUT2D eigenvalue weighted by molar-refractivity contribution is 0.102. The fourth-order valence-electron chi connectivity index (χ4n) is 2.61. The van der Waals surface area contributed by atoms with Gasteiger partial charge in [-0.2, -0.15) is 0 Å². The van der Waals surface area contributed by atoms with E-state index in [0.717, 1.165) is 24.3 Å². The van der Waals surface area contributed by atoms with E-state index in [4.69, 9.17) is 4.74 Å². The van der Waals surface area contributed by atoms with E-state index in [9.17, 15) is 9.18 Å². The molecule has 0 spiro atoms. The Bertz CT molecular complexity index is 712. The van der Waals surface area contributed by atoms with Crippen molar-refractivity contribution in [2.75, 3.05) is 36.5 Å². The summed E-state index contributed by atoms with van der Waals surface area (Å²) in [5.41, 5.74) is 2.58. The van der Waals surface area contributed by atoms with Crippen molar-refractivity contribution in [3.63, 3.8) is 0 Å². The lowest BCUT2D eigenvalue weighted by Gasteiger charge is -2.29. The molecule has 1 heterocycles. The van der Waals surface area contributed by atoms with Gasteiger partial charge in [0.25, 0.3) is 5.91 Å². The van der Waals surface area contributed by atoms with E-state index in [0.29, 0.717) is 18.8 Å². The molecule has 0 bridgehead atoms. The third kappa shape index (κ3) is 3.68. The van der Waals surface area contributed by atoms with Crippen LogP contribution in [0.1, 0.15) is 15.9 Å². The fourth-order valence-corrected chi connectivity index (χ4v) is 2.61. The smallest absolute Gasteiger partial charge is 0.255 e. The van der Waals surface area contributed by atoms with Crippen molar-refractivity contribution in [3.05, 3.63) is 59.4 Å². The molecule has 1 N–H and O–H groups in total. The van der Waals surface area contributed by atoms with Gasteiger partial charge >= 0.3 is 0 Å². The summed E-state index contributed by atoms with van der Waals surface area (Å²) in [6, 6.07) is 12.0. The van der Waals surface area contributed by atoms with E-state index in [1.165, 1.54) is 6.07 Å². The molecule has 1 fully saturated rings. The minimum Gasteiger partial charge on any atom is -0.378 e. The first kappa shape index (κ1) is 15.5. The zero-order chi connectivity index (χ0) is 16.2. The zero-order valence-electron chi connectivity index (χ0n) is 13.0. The molecule has 120 valence electrons. The van der Waals surface area contributed by atoms with Gasteiger partial charge in [0.15, 0.2) is 0 Å². The largest absolute Gasteiger partial charge is 0.378 e. The van der Waals surface area contributed by atoms with E-state index in [2.05, 4.69) is 10.2 Å². The predicted molar refractivity (Wildman–Crippen MR) is 88.6 cm³/mol. The monoisotopic (exact) mass is 314 g/mol. The van der Waals surface area contributed by atoms with Gasteiger partial charge in [0, 0.05) is 24.3 Å². The van der Waals surface area contributed by atoms with Crippen molar-refractivity contribution in [1.82, 2.24) is 0 Å². The second-order valence-corrected chi connectivity index (χ2v) is 5.59. The van der Waals surface area contributed by atoms with Crippen LogP contribution in [0.15, 0.2) is 42.5 Å². The van der Waals surface area contributed by atoms with Crippen LogP contribution in [0.5, 0.6) is 0 Å². The van der Waals surface area contributed by atoms with Crippen molar-refractivity contribution in [3.8, 4) is 0 Å². The molecule has 0 radical (unpaired) electrons. The molecule has 1 aliphatic rings. The number of anilines is 2. The van der Waals surface area contributed by atoms with Crippen LogP contribution in [-0.2, 0) is 4.74 Å². The van der Waals surface area contributed by atoms with E-state index in [1.54, 1.807) is 24.3 Å². The number of rotatable bonds is 3. The first-order chi connectivity index (χ1) is 11.1. The maximum absolute atomic E-state index is 14.0. The summed E-state index contributed by atoms with van der Waals surface area (Å²) in [4.78, 5) is 14.4. The molecule has 1 amide bonds. The van der Waals surface area contributed by atoms with E-state index >= 15 is 0 Å². The second kappa shape index (κ2) is 6.79. The Kier molecular flexibility index (Phi) is 4.57. The molecule has 1 aliphatic heterocycles. The average molecular weight is 314 g/mol. The molecule has 0 atom stereocenters. The van der Waals surface area contributed by atoms with Gasteiger partial charge in [0.2, 0.25) is 0 Å². The van der Waals surface area contributed by atoms with Gasteiger partial charge < -0.3 is 15.0 Å². The van der Waals surface area contributed by atoms with Crippen LogP contribution in [0.2, 0.25) is 0 Å². The molecule has 2 aromatic carbocycles. The number of carbonyl (C=O) groups excluding carboxylic acids is 1. The third-order valence-corrected chi connectivity index (χ3v) is 3.85. The highest BCUT2D eigenvalue weighted by Gasteiger charge is 2.15. The van der Waals surface area contributed by atoms with Crippen LogP contribution in [0.25, 0.3) is 0 Å². The molecule has 23 heavy (non-hydrogen) atoms. The number of hydrogen-bond donors (Lipinski definition) is 1. The molecular formula is C18H19FN2O2. The Balaban J connectivity index is 1.80. The first-order valence-corrected chi connectivity index (χ1v) is 7.64. The number of amides is 1. The third-order valence-electron chi connectivity index (χ3n) is 3.85. The van der Waals surface area contributed by atoms with Crippen LogP contribution in [0, 0.1) is 12.7 Å². The molecule has 0 unspecified atom stereocenters. The average Bonchev–Trinajstić information content (AvgIpc) is 2.57. The number of hydrogen-bond acceptors (Lipinski definition) is 3. The normalized spacial score (nSPS) is 14.6. The Hall–Kier alpha value is -2.40. The van der Waals surface area contributed by atoms with E-state index in [1.807, 2.05) is 19.1 Å². The first-order valence-electron chi connectivity index (χ1n) is 7.64. The van der Waals surface area contributed by atoms with E-state index in [-0.39, 0.29) is 11.6 Å². The Labute approximate surface area is 134 Å². The predicted octanol–water partition coefficient (Wildman–Crippen LogP) is 3.22. The number of carbonyl (C=O) groups is 1. The van der Waals surface area contributed by atoms with Gasteiger partial charge in [-0.3, -0.25) is 4.79 Å². The molecule has 1 saturated heterocycles. The van der Waals surface area contributed by atoms with Crippen molar-refractivity contribution in [1.29, 1.82) is 0 Å². The van der Waals surface area contributed by atoms with Gasteiger partial charge in [-0.25, -0.2) is 4.39 Å². The Morgan fingerprint density at radius 3 is 2.70 bits per heavy atom. The highest BCUT2D eigenvalue weighted by atomic mass is 19.1. The standard InChI is InChI=1S/C18H19FN2O2/c1-13-3-2-4-14(11-13)18(22)20-17-12-15(5-6-16(17)19)21-7-9-23-10-8-21/h2-6,11-12H,7-10H2,1H3,(H,20,22). The maximum atomic E-state index is 14.0. The highest BCUT2D eigenvalue weighted by molar-refractivity contribution is 6.04. The SMILES string of the molecule is Cc1cccc(C(=O)Nc2cc(N3CCOCC3)ccc2F)c1. The summed E-state index contributed by atoms with van der Waals surface area (Å²) in [7, 11) is 0. The fraction of sp³-hybridized carbons (Fsp3) is 0.278. The van der Waals surface area contributed by atoms with Gasteiger partial charge in [0.1, 0.15) is 5.82 Å². The summed E-state index contributed by atoms with van der Waals surface area (Å²) < 4.78 is 19.4. The maximum Gasteiger partial charge on any atom is 0.255 e. The number of ether oxygens (including phenoxy) is 1. The number of benzene rings is 2. The summed E-state index contributed by atoms with van der Waals surface area (Å²) >= 11 is 0. The van der Waals surface area contributed by atoms with Crippen molar-refractivity contribution < 1.29 is 13.9 Å². The lowest BCUT2D eigenvalue weighted by atomic mass is 10.1. The Morgan fingerprint density at radius 2 is 1.96 bits per heavy atom. The van der Waals surface area contributed by atoms with Crippen LogP contribution >= 0.6 is 0 Å². The molecule has 5 heteroatoms. The molecule has 4 nitrogen and oxygen atoms in total. The summed E-state index contributed by atoms with van der Waals surface area (Å²) in [5.74, 6) is -0.755. The summed E-state index contributed by atoms with van der Waals surface area (Å²) in [5, 5.41) is 2.66. The van der Waals surface area contributed by atoms with Crippen molar-refractivity contribution >= 4 is 17.3 Å². The van der Waals surface area contributed by atoms with E-state index < -0.39 is 5.82 Å². The number of morpholine rings is 1. The van der Waals surface area contributed by atoms with Gasteiger partial charge in [-0.1, -0.05) is 17.7 Å². The van der Waals surface area contributed by atoms with Gasteiger partial charge in [0.05, 0.1) is 18.9 Å². The highest BCUT2D eigenvalue weighted by Crippen LogP contribution is 2.24. The van der Waals surface area contributed by atoms with Gasteiger partial charge in [-0.05, 0) is 37.3 Å². The number of aryl methyl sites for hydroxylation is 1. The molecule has 2 aromatic rings. The van der Waals surface area contributed by atoms with Crippen molar-refractivity contribution in [2.45, 2.75) is 6.92 Å². The van der Waals surface area contributed by atoms with Crippen molar-refractivity contribution in [2.24, 2.45) is 0 Å². The number of nitrogens with one attached hydrogen (secondary N) is 1. The molecule has 0 saturated carbocycles. The topological polar surface area (TPSA) is 41.6 Å².